The number of aliphatic carboxylic acids is 1. The summed E-state index contributed by atoms with van der Waals surface area (Å²) in [4.78, 5) is 87.4. The Bertz CT molecular complexity index is 2730. The Balaban J connectivity index is 1.26. The van der Waals surface area contributed by atoms with Crippen LogP contribution in [0.1, 0.15) is 91.5 Å². The van der Waals surface area contributed by atoms with E-state index in [4.69, 9.17) is 78.4 Å². The Labute approximate surface area is 550 Å². The van der Waals surface area contributed by atoms with Crippen LogP contribution in [0, 0.1) is 0 Å². The lowest BCUT2D eigenvalue weighted by Gasteiger charge is -2.52. The average Bonchev–Trinajstić information content (AvgIpc) is 0.756. The number of primary amides is 3. The van der Waals surface area contributed by atoms with E-state index in [-0.39, 0.29) is 13.2 Å². The lowest BCUT2D eigenvalue weighted by molar-refractivity contribution is -0.375. The first-order valence-corrected chi connectivity index (χ1v) is 32.8. The Morgan fingerprint density at radius 1 is 0.656 bits per heavy atom. The van der Waals surface area contributed by atoms with Crippen LogP contribution in [0.5, 0.6) is 0 Å². The number of phosphoric acid groups is 1. The van der Waals surface area contributed by atoms with Crippen molar-refractivity contribution in [3.63, 3.8) is 0 Å². The van der Waals surface area contributed by atoms with Gasteiger partial charge in [0.05, 0.1) is 32.5 Å². The molecule has 38 nitrogen and oxygen atoms in total. The molecular formula is C57H93N6O32P. The van der Waals surface area contributed by atoms with E-state index in [2.05, 4.69) is 22.9 Å². The largest absolute Gasteiger partial charge is 0.479 e. The second kappa shape index (κ2) is 36.3. The number of carboxylic acid groups (broad SMARTS) is 1. The van der Waals surface area contributed by atoms with Crippen molar-refractivity contribution < 1.29 is 156 Å². The Morgan fingerprint density at radius 2 is 1.21 bits per heavy atom. The van der Waals surface area contributed by atoms with Gasteiger partial charge in [-0.05, 0) is 44.4 Å². The third kappa shape index (κ3) is 21.2. The molecular weight excluding hydrogens is 1310 g/mol. The number of carbonyl (C=O) groups excluding carboxylic acids is 5. The first-order chi connectivity index (χ1) is 45.2. The van der Waals surface area contributed by atoms with Crippen molar-refractivity contribution in [1.29, 1.82) is 0 Å². The zero-order chi connectivity index (χ0) is 71.1. The number of ether oxygens (including phenoxy) is 11. The molecule has 1 aromatic carbocycles. The summed E-state index contributed by atoms with van der Waals surface area (Å²) in [6.07, 6.45) is -39.1. The molecule has 1 aromatic rings. The fourth-order valence-electron chi connectivity index (χ4n) is 11.5. The van der Waals surface area contributed by atoms with Gasteiger partial charge in [0.2, 0.25) is 23.6 Å². The van der Waals surface area contributed by atoms with E-state index in [1.807, 2.05) is 24.3 Å². The van der Waals surface area contributed by atoms with Gasteiger partial charge in [-0.15, -0.1) is 0 Å². The number of carboxylic acids is 1. The SMILES string of the molecule is CCCCCCCCCCc1ccc(NCCO[C@H](COP(=O)(O)O[C@H]2O[C@H](C(N)=O)[C@@](C)(O)[C@H](OC(N)=O)[C@H]2O[C@@H]2O[C@H](CO[C@@H]3O[C@H](CO)[C@@H](O)[C@H](O)[C@H]3O)[C@@H](O[C@@H]3O[C@H](C)[C@@H](O[C@@H]4O[C@H](C(N)=O)[C@H](O)[C@H](O)[C@H]4O)[C@H](O)[C@H]3NC(C)=O)[C@H](O)[C@H]2NC(C)=O)C(=O)O)cc1. The molecule has 6 rings (SSSR count). The summed E-state index contributed by atoms with van der Waals surface area (Å²) in [5.74, 6) is -6.40. The van der Waals surface area contributed by atoms with Crippen LogP contribution in [-0.4, -0.2) is 289 Å². The molecule has 0 bridgehead atoms. The second-order valence-electron chi connectivity index (χ2n) is 24.1. The van der Waals surface area contributed by atoms with Crippen LogP contribution in [0.15, 0.2) is 24.3 Å². The van der Waals surface area contributed by atoms with Gasteiger partial charge >= 0.3 is 19.9 Å². The number of amides is 5. The summed E-state index contributed by atoms with van der Waals surface area (Å²) in [7, 11) is -5.81. The summed E-state index contributed by atoms with van der Waals surface area (Å²) in [5, 5.41) is 128. The number of nitrogens with two attached hydrogens (primary N) is 3. The highest BCUT2D eigenvalue weighted by Crippen LogP contribution is 2.49. The quantitative estimate of drug-likeness (QED) is 0.0222. The number of aliphatic hydroxyl groups is 10. The number of aliphatic hydroxyl groups excluding tert-OH is 9. The standard InChI is InChI=1S/C57H93N6O32P/c1-6-7-8-9-10-11-12-13-14-27-15-17-28(18-16-27)61-19-20-83-31(50(77)78)23-85-96(81,82)95-55-45(46(94-56(60)79)57(5,80)47(93-55)49(59)76)92-52-33(63-26(4)66)36(69)43(30(88-52)22-84-53-40(73)37(70)34(67)29(21-64)87-53)90-51-32(62-25(3)65)35(68)42(24(2)86-51)89-54-41(74)38(71)39(72)44(91-54)48(58)75/h15-18,24,29-47,51-55,61,64,67-74,80H,6-14,19-23H2,1-5H3,(H2,58,75)(H2,59,76)(H2,60,79)(H,62,65)(H,63,66)(H,77,78)(H,81,82)/t24-,29-,30-,31-,32-,33-,34-,35-,36-,37+,38+,39-,40-,41-,42-,43-,44+,45-,46-,47-,51+,52+,53-,54-,55-,57+/m1/s1. The third-order valence-electron chi connectivity index (χ3n) is 16.6. The van der Waals surface area contributed by atoms with Crippen molar-refractivity contribution in [3.05, 3.63) is 29.8 Å². The maximum atomic E-state index is 14.0. The zero-order valence-electron chi connectivity index (χ0n) is 53.4. The van der Waals surface area contributed by atoms with Gasteiger partial charge in [-0.2, -0.15) is 0 Å². The fraction of sp³-hybridized carbons (Fsp3) is 0.789. The van der Waals surface area contributed by atoms with Gasteiger partial charge in [0, 0.05) is 26.1 Å². The molecule has 27 atom stereocenters. The summed E-state index contributed by atoms with van der Waals surface area (Å²) >= 11 is 0. The van der Waals surface area contributed by atoms with E-state index in [0.29, 0.717) is 5.69 Å². The smallest absolute Gasteiger partial charge is 0.474 e. The molecule has 5 saturated heterocycles. The minimum Gasteiger partial charge on any atom is -0.479 e. The summed E-state index contributed by atoms with van der Waals surface area (Å²) < 4.78 is 88.0. The minimum absolute atomic E-state index is 0.0415. The molecule has 5 fully saturated rings. The Hall–Kier alpha value is -5.05. The number of hydrogen-bond acceptors (Lipinski definition) is 31. The van der Waals surface area contributed by atoms with Crippen LogP contribution < -0.4 is 33.2 Å². The van der Waals surface area contributed by atoms with E-state index < -0.39 is 222 Å². The highest BCUT2D eigenvalue weighted by Gasteiger charge is 2.62. The van der Waals surface area contributed by atoms with Crippen LogP contribution in [-0.2, 0) is 96.1 Å². The normalized spacial score (nSPS) is 37.3. The van der Waals surface area contributed by atoms with Crippen molar-refractivity contribution >= 4 is 49.2 Å². The molecule has 5 aliphatic rings. The van der Waals surface area contributed by atoms with E-state index in [1.54, 1.807) is 0 Å². The maximum absolute atomic E-state index is 14.0. The lowest BCUT2D eigenvalue weighted by Crippen LogP contribution is -2.72. The van der Waals surface area contributed by atoms with Crippen molar-refractivity contribution in [1.82, 2.24) is 10.6 Å². The molecule has 96 heavy (non-hydrogen) atoms. The highest BCUT2D eigenvalue weighted by atomic mass is 31.2. The number of benzene rings is 1. The minimum atomic E-state index is -5.81. The van der Waals surface area contributed by atoms with Gasteiger partial charge in [0.15, 0.2) is 62.0 Å². The van der Waals surface area contributed by atoms with Crippen molar-refractivity contribution in [2.75, 3.05) is 38.3 Å². The number of rotatable bonds is 35. The van der Waals surface area contributed by atoms with E-state index in [9.17, 15) is 94.4 Å². The molecule has 0 saturated carbocycles. The topological polar surface area (TPSA) is 596 Å². The molecule has 0 aromatic heterocycles. The van der Waals surface area contributed by atoms with Crippen LogP contribution in [0.3, 0.4) is 0 Å². The third-order valence-corrected chi connectivity index (χ3v) is 17.5. The molecule has 5 heterocycles. The number of unbranched alkanes of at least 4 members (excludes halogenated alkanes) is 7. The van der Waals surface area contributed by atoms with Crippen LogP contribution in [0.4, 0.5) is 10.5 Å². The first-order valence-electron chi connectivity index (χ1n) is 31.3. The molecule has 5 amide bonds. The molecule has 39 heteroatoms. The van der Waals surface area contributed by atoms with E-state index in [1.165, 1.54) is 45.4 Å². The molecule has 0 spiro atoms. The number of carbonyl (C=O) groups is 6. The molecule has 548 valence electrons. The molecule has 0 radical (unpaired) electrons. The van der Waals surface area contributed by atoms with Crippen molar-refractivity contribution in [3.8, 4) is 0 Å². The molecule has 1 unspecified atom stereocenters. The number of phosphoric ester groups is 1. The van der Waals surface area contributed by atoms with Gasteiger partial charge in [-0.25, -0.2) is 14.2 Å². The number of hydrogen-bond donors (Lipinski definition) is 18. The monoisotopic (exact) mass is 1400 g/mol. The predicted octanol–water partition coefficient (Wildman–Crippen LogP) is -5.72. The van der Waals surface area contributed by atoms with Gasteiger partial charge < -0.3 is 146 Å². The summed E-state index contributed by atoms with van der Waals surface area (Å²) in [6, 6.07) is 3.70. The Morgan fingerprint density at radius 3 is 1.78 bits per heavy atom. The highest BCUT2D eigenvalue weighted by molar-refractivity contribution is 7.47. The summed E-state index contributed by atoms with van der Waals surface area (Å²) in [6.45, 7) is 2.63. The van der Waals surface area contributed by atoms with E-state index in [0.717, 1.165) is 45.6 Å². The van der Waals surface area contributed by atoms with Crippen LogP contribution in [0.25, 0.3) is 0 Å². The van der Waals surface area contributed by atoms with Gasteiger partial charge in [-0.1, -0.05) is 64.0 Å². The molecule has 21 N–H and O–H groups in total. The van der Waals surface area contributed by atoms with Crippen LogP contribution >= 0.6 is 7.82 Å². The number of aryl methyl sites for hydroxylation is 1. The zero-order valence-corrected chi connectivity index (χ0v) is 54.2. The molecule has 0 aliphatic carbocycles. The van der Waals surface area contributed by atoms with Crippen molar-refractivity contribution in [2.24, 2.45) is 17.2 Å². The van der Waals surface area contributed by atoms with Crippen molar-refractivity contribution in [2.45, 2.75) is 251 Å². The van der Waals surface area contributed by atoms with E-state index >= 15 is 0 Å². The van der Waals surface area contributed by atoms with Gasteiger partial charge in [0.25, 0.3) is 0 Å². The molecule has 5 aliphatic heterocycles. The number of nitrogens with one attached hydrogen (secondary N) is 3. The second-order valence-corrected chi connectivity index (χ2v) is 25.5. The Kier molecular flexibility index (Phi) is 30.3. The lowest BCUT2D eigenvalue weighted by atomic mass is 9.85. The number of anilines is 1. The maximum Gasteiger partial charge on any atom is 0.474 e. The predicted molar refractivity (Wildman–Crippen MR) is 319 cm³/mol. The first kappa shape index (κ1) is 79.9. The summed E-state index contributed by atoms with van der Waals surface area (Å²) in [5.41, 5.74) is 15.3. The van der Waals surface area contributed by atoms with Gasteiger partial charge in [-0.3, -0.25) is 28.2 Å². The fourth-order valence-corrected chi connectivity index (χ4v) is 12.3. The van der Waals surface area contributed by atoms with Gasteiger partial charge in [0.1, 0.15) is 90.9 Å². The van der Waals surface area contributed by atoms with Crippen LogP contribution in [0.2, 0.25) is 0 Å². The average molecular weight is 1410 g/mol.